The predicted octanol–water partition coefficient (Wildman–Crippen LogP) is 1.08. The van der Waals surface area contributed by atoms with Crippen molar-refractivity contribution >= 4 is 15.8 Å². The first-order valence-corrected chi connectivity index (χ1v) is 7.61. The van der Waals surface area contributed by atoms with Crippen molar-refractivity contribution in [3.8, 4) is 0 Å². The molecule has 5 nitrogen and oxygen atoms in total. The van der Waals surface area contributed by atoms with Crippen LogP contribution in [0.2, 0.25) is 0 Å². The summed E-state index contributed by atoms with van der Waals surface area (Å²) < 4.78 is 28.8. The molecule has 0 unspecified atom stereocenters. The Kier molecular flexibility index (Phi) is 4.55. The number of ether oxygens (including phenoxy) is 1. The second-order valence-electron chi connectivity index (χ2n) is 5.08. The number of sulfone groups is 1. The number of hydrogen-bond acceptors (Lipinski definition) is 4. The van der Waals surface area contributed by atoms with E-state index in [1.54, 1.807) is 0 Å². The lowest BCUT2D eigenvalue weighted by atomic mass is 10.1. The van der Waals surface area contributed by atoms with Crippen molar-refractivity contribution in [1.82, 2.24) is 0 Å². The Hall–Kier alpha value is -0.620. The summed E-state index contributed by atoms with van der Waals surface area (Å²) in [6, 6.07) is 0. The monoisotopic (exact) mass is 264 g/mol. The SMILES string of the molecule is CC(C)OCCS(=O)(=O)CC1(CC(=O)O)CC1. The Labute approximate surface area is 102 Å². The van der Waals surface area contributed by atoms with Crippen molar-refractivity contribution in [2.45, 2.75) is 39.2 Å². The molecule has 1 saturated carbocycles. The summed E-state index contributed by atoms with van der Waals surface area (Å²) in [6.45, 7) is 3.88. The third-order valence-corrected chi connectivity index (χ3v) is 4.70. The molecule has 0 spiro atoms. The summed E-state index contributed by atoms with van der Waals surface area (Å²) in [5.74, 6) is -0.962. The number of rotatable bonds is 8. The minimum Gasteiger partial charge on any atom is -0.481 e. The molecular weight excluding hydrogens is 244 g/mol. The summed E-state index contributed by atoms with van der Waals surface area (Å²) in [6.07, 6.45) is 1.36. The Bertz CT molecular complexity index is 367. The van der Waals surface area contributed by atoms with Crippen LogP contribution in [-0.2, 0) is 19.4 Å². The normalized spacial score (nSPS) is 18.3. The number of aliphatic carboxylic acids is 1. The van der Waals surface area contributed by atoms with Crippen LogP contribution in [0.4, 0.5) is 0 Å². The molecule has 0 aliphatic heterocycles. The van der Waals surface area contributed by atoms with E-state index in [0.717, 1.165) is 0 Å². The molecule has 6 heteroatoms. The summed E-state index contributed by atoms with van der Waals surface area (Å²) in [4.78, 5) is 10.6. The van der Waals surface area contributed by atoms with Gasteiger partial charge in [0.05, 0.1) is 30.6 Å². The van der Waals surface area contributed by atoms with E-state index in [9.17, 15) is 13.2 Å². The third-order valence-electron chi connectivity index (χ3n) is 2.85. The van der Waals surface area contributed by atoms with Gasteiger partial charge < -0.3 is 9.84 Å². The summed E-state index contributed by atoms with van der Waals surface area (Å²) >= 11 is 0. The van der Waals surface area contributed by atoms with Crippen molar-refractivity contribution in [2.24, 2.45) is 5.41 Å². The van der Waals surface area contributed by atoms with E-state index < -0.39 is 21.2 Å². The third kappa shape index (κ3) is 5.50. The minimum atomic E-state index is -3.21. The number of carbonyl (C=O) groups is 1. The van der Waals surface area contributed by atoms with Crippen LogP contribution in [-0.4, -0.2) is 43.7 Å². The van der Waals surface area contributed by atoms with Crippen molar-refractivity contribution in [3.05, 3.63) is 0 Å². The number of carboxylic acid groups (broad SMARTS) is 1. The van der Waals surface area contributed by atoms with Gasteiger partial charge >= 0.3 is 5.97 Å². The highest BCUT2D eigenvalue weighted by Crippen LogP contribution is 2.49. The Morgan fingerprint density at radius 1 is 1.41 bits per heavy atom. The van der Waals surface area contributed by atoms with E-state index >= 15 is 0 Å². The van der Waals surface area contributed by atoms with Crippen LogP contribution < -0.4 is 0 Å². The van der Waals surface area contributed by atoms with Crippen molar-refractivity contribution in [3.63, 3.8) is 0 Å². The predicted molar refractivity (Wildman–Crippen MR) is 63.7 cm³/mol. The highest BCUT2D eigenvalue weighted by molar-refractivity contribution is 7.91. The van der Waals surface area contributed by atoms with Gasteiger partial charge in [0.1, 0.15) is 0 Å². The maximum atomic E-state index is 11.8. The molecule has 0 bridgehead atoms. The molecule has 0 aromatic carbocycles. The van der Waals surface area contributed by atoms with E-state index in [1.807, 2.05) is 13.8 Å². The number of hydrogen-bond donors (Lipinski definition) is 1. The van der Waals surface area contributed by atoms with E-state index in [-0.39, 0.29) is 30.6 Å². The highest BCUT2D eigenvalue weighted by atomic mass is 32.2. The standard InChI is InChI=1S/C11H20O5S/c1-9(2)16-5-6-17(14,15)8-11(3-4-11)7-10(12)13/h9H,3-8H2,1-2H3,(H,12,13). The molecule has 0 saturated heterocycles. The van der Waals surface area contributed by atoms with Crippen LogP contribution in [0.25, 0.3) is 0 Å². The fourth-order valence-electron chi connectivity index (χ4n) is 1.82. The molecule has 17 heavy (non-hydrogen) atoms. The van der Waals surface area contributed by atoms with E-state index in [1.165, 1.54) is 0 Å². The van der Waals surface area contributed by atoms with E-state index in [2.05, 4.69) is 0 Å². The molecule has 0 heterocycles. The summed E-state index contributed by atoms with van der Waals surface area (Å²) in [7, 11) is -3.21. The van der Waals surface area contributed by atoms with Gasteiger partial charge in [-0.25, -0.2) is 8.42 Å². The summed E-state index contributed by atoms with van der Waals surface area (Å²) in [5.41, 5.74) is -0.498. The quantitative estimate of drug-likeness (QED) is 0.709. The molecule has 0 radical (unpaired) electrons. The summed E-state index contributed by atoms with van der Waals surface area (Å²) in [5, 5.41) is 8.72. The second kappa shape index (κ2) is 5.35. The van der Waals surface area contributed by atoms with Gasteiger partial charge in [0.25, 0.3) is 0 Å². The van der Waals surface area contributed by atoms with Crippen LogP contribution in [0.3, 0.4) is 0 Å². The van der Waals surface area contributed by atoms with Gasteiger partial charge in [-0.3, -0.25) is 4.79 Å². The van der Waals surface area contributed by atoms with Gasteiger partial charge in [0.2, 0.25) is 0 Å². The number of carboxylic acids is 1. The van der Waals surface area contributed by atoms with Crippen LogP contribution in [0.5, 0.6) is 0 Å². The molecule has 1 fully saturated rings. The van der Waals surface area contributed by atoms with Crippen LogP contribution in [0.1, 0.15) is 33.1 Å². The molecule has 100 valence electrons. The lowest BCUT2D eigenvalue weighted by Crippen LogP contribution is -2.25. The Morgan fingerprint density at radius 3 is 2.41 bits per heavy atom. The smallest absolute Gasteiger partial charge is 0.303 e. The topological polar surface area (TPSA) is 80.7 Å². The molecule has 0 amide bonds. The molecule has 1 aliphatic carbocycles. The van der Waals surface area contributed by atoms with Crippen LogP contribution >= 0.6 is 0 Å². The van der Waals surface area contributed by atoms with Gasteiger partial charge in [0.15, 0.2) is 9.84 Å². The molecule has 0 aromatic rings. The lowest BCUT2D eigenvalue weighted by molar-refractivity contribution is -0.138. The van der Waals surface area contributed by atoms with Crippen molar-refractivity contribution in [1.29, 1.82) is 0 Å². The highest BCUT2D eigenvalue weighted by Gasteiger charge is 2.47. The Balaban J connectivity index is 2.41. The van der Waals surface area contributed by atoms with Gasteiger partial charge in [-0.1, -0.05) is 0 Å². The zero-order valence-corrected chi connectivity index (χ0v) is 11.1. The average Bonchev–Trinajstić information content (AvgIpc) is 2.80. The fraction of sp³-hybridized carbons (Fsp3) is 0.909. The first-order chi connectivity index (χ1) is 7.75. The fourth-order valence-corrected chi connectivity index (χ4v) is 3.64. The zero-order chi connectivity index (χ0) is 13.1. The largest absolute Gasteiger partial charge is 0.481 e. The molecule has 1 aliphatic rings. The Morgan fingerprint density at radius 2 is 2.00 bits per heavy atom. The van der Waals surface area contributed by atoms with Gasteiger partial charge in [-0.15, -0.1) is 0 Å². The molecule has 0 atom stereocenters. The van der Waals surface area contributed by atoms with Crippen molar-refractivity contribution in [2.75, 3.05) is 18.1 Å². The van der Waals surface area contributed by atoms with E-state index in [0.29, 0.717) is 12.8 Å². The second-order valence-corrected chi connectivity index (χ2v) is 7.27. The first-order valence-electron chi connectivity index (χ1n) is 5.79. The molecule has 0 aromatic heterocycles. The van der Waals surface area contributed by atoms with E-state index in [4.69, 9.17) is 9.84 Å². The van der Waals surface area contributed by atoms with Gasteiger partial charge in [-0.05, 0) is 32.1 Å². The van der Waals surface area contributed by atoms with Crippen LogP contribution in [0, 0.1) is 5.41 Å². The first kappa shape index (κ1) is 14.4. The lowest BCUT2D eigenvalue weighted by Gasteiger charge is -2.13. The van der Waals surface area contributed by atoms with Gasteiger partial charge in [-0.2, -0.15) is 0 Å². The molecular formula is C11H20O5S. The van der Waals surface area contributed by atoms with Crippen LogP contribution in [0.15, 0.2) is 0 Å². The average molecular weight is 264 g/mol. The zero-order valence-electron chi connectivity index (χ0n) is 10.3. The maximum absolute atomic E-state index is 11.8. The molecule has 1 rings (SSSR count). The van der Waals surface area contributed by atoms with Crippen molar-refractivity contribution < 1.29 is 23.1 Å². The maximum Gasteiger partial charge on any atom is 0.303 e. The molecule has 1 N–H and O–H groups in total. The van der Waals surface area contributed by atoms with Gasteiger partial charge in [0, 0.05) is 0 Å². The minimum absolute atomic E-state index is 0.0131.